The molecule has 1 N–H and O–H groups in total. The number of hydrogen-bond acceptors (Lipinski definition) is 4. The molecule has 0 radical (unpaired) electrons. The van der Waals surface area contributed by atoms with Gasteiger partial charge >= 0.3 is 0 Å². The highest BCUT2D eigenvalue weighted by Gasteiger charge is 2.18. The van der Waals surface area contributed by atoms with Crippen molar-refractivity contribution in [1.29, 1.82) is 0 Å². The minimum absolute atomic E-state index is 0.454. The molecule has 1 aliphatic heterocycles. The summed E-state index contributed by atoms with van der Waals surface area (Å²) >= 11 is 0. The second-order valence-corrected chi connectivity index (χ2v) is 6.24. The number of aryl methyl sites for hydroxylation is 1. The molecule has 0 atom stereocenters. The molecule has 1 fully saturated rings. The van der Waals surface area contributed by atoms with Crippen LogP contribution in [-0.4, -0.2) is 49.3 Å². The maximum atomic E-state index is 5.44. The van der Waals surface area contributed by atoms with Gasteiger partial charge in [-0.1, -0.05) is 25.1 Å². The molecule has 2 heterocycles. The lowest BCUT2D eigenvalue weighted by Crippen LogP contribution is -2.39. The van der Waals surface area contributed by atoms with E-state index in [9.17, 15) is 0 Å². The average Bonchev–Trinajstić information content (AvgIpc) is 2.62. The van der Waals surface area contributed by atoms with E-state index in [0.29, 0.717) is 6.10 Å². The number of piperidine rings is 1. The van der Waals surface area contributed by atoms with Gasteiger partial charge in [0.15, 0.2) is 0 Å². The smallest absolute Gasteiger partial charge is 0.0726 e. The lowest BCUT2D eigenvalue weighted by molar-refractivity contribution is 0.0423. The van der Waals surface area contributed by atoms with Gasteiger partial charge in [-0.05, 0) is 31.4 Å². The summed E-state index contributed by atoms with van der Waals surface area (Å²) < 4.78 is 5.44. The highest BCUT2D eigenvalue weighted by molar-refractivity contribution is 5.91. The first kappa shape index (κ1) is 16.2. The fourth-order valence-corrected chi connectivity index (χ4v) is 3.27. The molecule has 1 saturated heterocycles. The van der Waals surface area contributed by atoms with Crippen LogP contribution in [0.15, 0.2) is 30.3 Å². The summed E-state index contributed by atoms with van der Waals surface area (Å²) in [5, 5.41) is 4.83. The average molecular weight is 313 g/mol. The Balaban J connectivity index is 1.61. The van der Waals surface area contributed by atoms with Crippen molar-refractivity contribution in [3.05, 3.63) is 36.0 Å². The van der Waals surface area contributed by atoms with Gasteiger partial charge in [-0.3, -0.25) is 4.98 Å². The van der Waals surface area contributed by atoms with E-state index >= 15 is 0 Å². The summed E-state index contributed by atoms with van der Waals surface area (Å²) in [6, 6.07) is 10.6. The van der Waals surface area contributed by atoms with Crippen LogP contribution in [0.2, 0.25) is 0 Å². The first-order valence-corrected chi connectivity index (χ1v) is 8.68. The lowest BCUT2D eigenvalue weighted by Gasteiger charge is -2.31. The topological polar surface area (TPSA) is 37.4 Å². The van der Waals surface area contributed by atoms with Crippen molar-refractivity contribution < 1.29 is 4.74 Å². The molecular weight excluding hydrogens is 286 g/mol. The zero-order valence-electron chi connectivity index (χ0n) is 14.2. The molecule has 4 heteroatoms. The SMILES string of the molecule is CCc1cc(NCCN2CCC(OC)CC2)c2ccccc2n1. The number of anilines is 1. The molecule has 0 aliphatic carbocycles. The molecule has 1 aromatic heterocycles. The zero-order chi connectivity index (χ0) is 16.1. The van der Waals surface area contributed by atoms with Gasteiger partial charge < -0.3 is 15.0 Å². The van der Waals surface area contributed by atoms with E-state index in [1.807, 2.05) is 7.11 Å². The van der Waals surface area contributed by atoms with Crippen LogP contribution in [0.1, 0.15) is 25.5 Å². The first-order valence-electron chi connectivity index (χ1n) is 8.68. The van der Waals surface area contributed by atoms with E-state index in [2.05, 4.69) is 47.5 Å². The van der Waals surface area contributed by atoms with Crippen molar-refractivity contribution >= 4 is 16.6 Å². The third-order valence-corrected chi connectivity index (χ3v) is 4.74. The Morgan fingerprint density at radius 1 is 1.26 bits per heavy atom. The molecule has 4 nitrogen and oxygen atoms in total. The van der Waals surface area contributed by atoms with Crippen LogP contribution in [0, 0.1) is 0 Å². The van der Waals surface area contributed by atoms with Crippen molar-refractivity contribution in [2.24, 2.45) is 0 Å². The highest BCUT2D eigenvalue weighted by atomic mass is 16.5. The van der Waals surface area contributed by atoms with E-state index in [1.165, 1.54) is 11.1 Å². The second kappa shape index (κ2) is 7.75. The maximum Gasteiger partial charge on any atom is 0.0726 e. The number of nitrogens with one attached hydrogen (secondary N) is 1. The van der Waals surface area contributed by atoms with Crippen LogP contribution in [-0.2, 0) is 11.2 Å². The normalized spacial score (nSPS) is 16.8. The number of pyridine rings is 1. The largest absolute Gasteiger partial charge is 0.383 e. The summed E-state index contributed by atoms with van der Waals surface area (Å²) in [6.45, 7) is 6.47. The fourth-order valence-electron chi connectivity index (χ4n) is 3.27. The quantitative estimate of drug-likeness (QED) is 0.888. The third-order valence-electron chi connectivity index (χ3n) is 4.74. The lowest BCUT2D eigenvalue weighted by atomic mass is 10.1. The van der Waals surface area contributed by atoms with Crippen molar-refractivity contribution in [1.82, 2.24) is 9.88 Å². The molecule has 0 saturated carbocycles. The molecule has 0 unspecified atom stereocenters. The van der Waals surface area contributed by atoms with E-state index in [4.69, 9.17) is 9.72 Å². The van der Waals surface area contributed by atoms with Crippen LogP contribution < -0.4 is 5.32 Å². The van der Waals surface area contributed by atoms with Gasteiger partial charge in [0, 0.05) is 50.1 Å². The number of nitrogens with zero attached hydrogens (tertiary/aromatic N) is 2. The zero-order valence-corrected chi connectivity index (χ0v) is 14.2. The van der Waals surface area contributed by atoms with Crippen LogP contribution in [0.25, 0.3) is 10.9 Å². The van der Waals surface area contributed by atoms with Gasteiger partial charge in [0.1, 0.15) is 0 Å². The van der Waals surface area contributed by atoms with Gasteiger partial charge in [-0.2, -0.15) is 0 Å². The first-order chi connectivity index (χ1) is 11.3. The Hall–Kier alpha value is -1.65. The van der Waals surface area contributed by atoms with Gasteiger partial charge in [-0.15, -0.1) is 0 Å². The molecule has 3 rings (SSSR count). The Morgan fingerprint density at radius 2 is 2.04 bits per heavy atom. The third kappa shape index (κ3) is 4.01. The Kier molecular flexibility index (Phi) is 5.47. The van der Waals surface area contributed by atoms with Crippen molar-refractivity contribution in [3.8, 4) is 0 Å². The Morgan fingerprint density at radius 3 is 2.78 bits per heavy atom. The van der Waals surface area contributed by atoms with Crippen molar-refractivity contribution in [3.63, 3.8) is 0 Å². The number of hydrogen-bond donors (Lipinski definition) is 1. The summed E-state index contributed by atoms with van der Waals surface area (Å²) in [5.41, 5.74) is 3.43. The number of fused-ring (bicyclic) bond motifs is 1. The molecule has 0 bridgehead atoms. The molecule has 1 aromatic carbocycles. The number of likely N-dealkylation sites (tertiary alicyclic amines) is 1. The fraction of sp³-hybridized carbons (Fsp3) is 0.526. The Labute approximate surface area is 138 Å². The number of rotatable bonds is 6. The number of ether oxygens (including phenoxy) is 1. The molecule has 0 spiro atoms. The number of methoxy groups -OCH3 is 1. The summed E-state index contributed by atoms with van der Waals surface area (Å²) in [5.74, 6) is 0. The molecule has 2 aromatic rings. The predicted octanol–water partition coefficient (Wildman–Crippen LogP) is 3.32. The molecule has 0 amide bonds. The molecule has 23 heavy (non-hydrogen) atoms. The molecule has 124 valence electrons. The Bertz CT molecular complexity index is 636. The van der Waals surface area contributed by atoms with Crippen LogP contribution >= 0.6 is 0 Å². The van der Waals surface area contributed by atoms with Crippen molar-refractivity contribution in [2.45, 2.75) is 32.3 Å². The van der Waals surface area contributed by atoms with E-state index in [1.54, 1.807) is 0 Å². The van der Waals surface area contributed by atoms with Gasteiger partial charge in [0.2, 0.25) is 0 Å². The number of aromatic nitrogens is 1. The van der Waals surface area contributed by atoms with Gasteiger partial charge in [0.05, 0.1) is 11.6 Å². The number of benzene rings is 1. The second-order valence-electron chi connectivity index (χ2n) is 6.24. The van der Waals surface area contributed by atoms with Gasteiger partial charge in [-0.25, -0.2) is 0 Å². The van der Waals surface area contributed by atoms with Crippen LogP contribution in [0.3, 0.4) is 0 Å². The molecule has 1 aliphatic rings. The minimum atomic E-state index is 0.454. The highest BCUT2D eigenvalue weighted by Crippen LogP contribution is 2.23. The summed E-state index contributed by atoms with van der Waals surface area (Å²) in [4.78, 5) is 7.23. The summed E-state index contributed by atoms with van der Waals surface area (Å²) in [7, 11) is 1.82. The monoisotopic (exact) mass is 313 g/mol. The predicted molar refractivity (Wildman–Crippen MR) is 96.1 cm³/mol. The van der Waals surface area contributed by atoms with Crippen LogP contribution in [0.4, 0.5) is 5.69 Å². The summed E-state index contributed by atoms with van der Waals surface area (Å²) in [6.07, 6.45) is 3.71. The van der Waals surface area contributed by atoms with Gasteiger partial charge in [0.25, 0.3) is 0 Å². The van der Waals surface area contributed by atoms with Crippen LogP contribution in [0.5, 0.6) is 0 Å². The molecular formula is C19H27N3O. The standard InChI is InChI=1S/C19H27N3O/c1-3-15-14-19(17-6-4-5-7-18(17)21-15)20-10-13-22-11-8-16(23-2)9-12-22/h4-7,14,16H,3,8-13H2,1-2H3,(H,20,21). The van der Waals surface area contributed by atoms with Crippen molar-refractivity contribution in [2.75, 3.05) is 38.6 Å². The van der Waals surface area contributed by atoms with E-state index in [-0.39, 0.29) is 0 Å². The number of para-hydroxylation sites is 1. The van der Waals surface area contributed by atoms with E-state index in [0.717, 1.165) is 56.7 Å². The maximum absolute atomic E-state index is 5.44. The minimum Gasteiger partial charge on any atom is -0.383 e. The van der Waals surface area contributed by atoms with E-state index < -0.39 is 0 Å².